The molecule has 6 heteroatoms. The zero-order valence-electron chi connectivity index (χ0n) is 16.2. The average molecular weight is 383 g/mol. The molecular formula is C19H30O4SSi. The smallest absolute Gasteiger partial charge is 0.202 e. The molecule has 4 nitrogen and oxygen atoms in total. The van der Waals surface area contributed by atoms with Crippen LogP contribution in [0.5, 0.6) is 0 Å². The van der Waals surface area contributed by atoms with E-state index in [0.29, 0.717) is 0 Å². The standard InChI is InChI=1S/C19H30O4SSi/c1-13-16(21-5)17(23-25(6,7)19(2,3)4)15(20)18(22-13)24-14-11-9-8-10-12-14/h8-13,16-18H,1-7H3/t13-,16-,17-,18-/m0/s1. The summed E-state index contributed by atoms with van der Waals surface area (Å²) in [5.74, 6) is -0.0383. The van der Waals surface area contributed by atoms with E-state index in [4.69, 9.17) is 13.9 Å². The topological polar surface area (TPSA) is 44.8 Å². The van der Waals surface area contributed by atoms with E-state index in [2.05, 4.69) is 33.9 Å². The van der Waals surface area contributed by atoms with Crippen LogP contribution in [0.15, 0.2) is 35.2 Å². The van der Waals surface area contributed by atoms with Crippen LogP contribution in [0.3, 0.4) is 0 Å². The Labute approximate surface area is 156 Å². The molecule has 0 amide bonds. The Bertz CT molecular complexity index is 585. The minimum absolute atomic E-state index is 0.0230. The zero-order valence-corrected chi connectivity index (χ0v) is 18.1. The van der Waals surface area contributed by atoms with Gasteiger partial charge in [-0.1, -0.05) is 50.7 Å². The molecule has 1 saturated heterocycles. The van der Waals surface area contributed by atoms with Crippen LogP contribution in [0.1, 0.15) is 27.7 Å². The molecule has 0 bridgehead atoms. The molecule has 1 fully saturated rings. The van der Waals surface area contributed by atoms with E-state index in [9.17, 15) is 4.79 Å². The average Bonchev–Trinajstić information content (AvgIpc) is 2.52. The van der Waals surface area contributed by atoms with E-state index < -0.39 is 19.9 Å². The highest BCUT2D eigenvalue weighted by atomic mass is 32.2. The van der Waals surface area contributed by atoms with Crippen LogP contribution in [0.2, 0.25) is 18.1 Å². The van der Waals surface area contributed by atoms with Crippen LogP contribution < -0.4 is 0 Å². The lowest BCUT2D eigenvalue weighted by molar-refractivity contribution is -0.170. The van der Waals surface area contributed by atoms with Gasteiger partial charge in [0.05, 0.1) is 6.10 Å². The van der Waals surface area contributed by atoms with E-state index in [-0.39, 0.29) is 23.0 Å². The molecule has 0 aliphatic carbocycles. The molecule has 0 N–H and O–H groups in total. The van der Waals surface area contributed by atoms with E-state index >= 15 is 0 Å². The van der Waals surface area contributed by atoms with Gasteiger partial charge in [0.1, 0.15) is 12.2 Å². The summed E-state index contributed by atoms with van der Waals surface area (Å²) in [6.45, 7) is 12.8. The van der Waals surface area contributed by atoms with Crippen LogP contribution in [0.25, 0.3) is 0 Å². The Morgan fingerprint density at radius 2 is 1.76 bits per heavy atom. The molecule has 4 atom stereocenters. The molecule has 1 heterocycles. The van der Waals surface area contributed by atoms with Crippen LogP contribution >= 0.6 is 11.8 Å². The summed E-state index contributed by atoms with van der Waals surface area (Å²) < 4.78 is 18.0. The van der Waals surface area contributed by atoms with Gasteiger partial charge in [0.15, 0.2) is 13.8 Å². The molecule has 2 rings (SSSR count). The lowest BCUT2D eigenvalue weighted by atomic mass is 10.0. The summed E-state index contributed by atoms with van der Waals surface area (Å²) in [7, 11) is -0.494. The molecule has 1 aliphatic rings. The van der Waals surface area contributed by atoms with Crippen molar-refractivity contribution >= 4 is 25.9 Å². The maximum Gasteiger partial charge on any atom is 0.202 e. The van der Waals surface area contributed by atoms with Gasteiger partial charge in [-0.05, 0) is 37.2 Å². The van der Waals surface area contributed by atoms with Gasteiger partial charge in [-0.15, -0.1) is 0 Å². The number of carbonyl (C=O) groups excluding carboxylic acids is 1. The van der Waals surface area contributed by atoms with Crippen molar-refractivity contribution in [2.75, 3.05) is 7.11 Å². The Morgan fingerprint density at radius 1 is 1.16 bits per heavy atom. The molecule has 0 saturated carbocycles. The highest BCUT2D eigenvalue weighted by Crippen LogP contribution is 2.40. The summed E-state index contributed by atoms with van der Waals surface area (Å²) in [5.41, 5.74) is -0.571. The molecule has 25 heavy (non-hydrogen) atoms. The lowest BCUT2D eigenvalue weighted by Gasteiger charge is -2.44. The first kappa shape index (κ1) is 20.6. The fraction of sp³-hybridized carbons (Fsp3) is 0.632. The molecule has 0 unspecified atom stereocenters. The summed E-state index contributed by atoms with van der Waals surface area (Å²) in [6.07, 6.45) is -1.18. The van der Waals surface area contributed by atoms with Crippen molar-refractivity contribution in [2.24, 2.45) is 0 Å². The van der Waals surface area contributed by atoms with Crippen molar-refractivity contribution in [3.63, 3.8) is 0 Å². The number of ether oxygens (including phenoxy) is 2. The van der Waals surface area contributed by atoms with Gasteiger partial charge in [-0.2, -0.15) is 0 Å². The Morgan fingerprint density at radius 3 is 2.28 bits per heavy atom. The van der Waals surface area contributed by atoms with Crippen LogP contribution in [0.4, 0.5) is 0 Å². The number of carbonyl (C=O) groups is 1. The SMILES string of the molecule is CO[C@H]1[C@H](C)O[C@@H](Sc2ccccc2)C(=O)[C@@H]1O[Si](C)(C)C(C)(C)C. The number of benzene rings is 1. The fourth-order valence-electron chi connectivity index (χ4n) is 2.52. The Kier molecular flexibility index (Phi) is 6.54. The lowest BCUT2D eigenvalue weighted by Crippen LogP contribution is -2.59. The molecule has 0 spiro atoms. The molecular weight excluding hydrogens is 352 g/mol. The van der Waals surface area contributed by atoms with Crippen molar-refractivity contribution in [3.05, 3.63) is 30.3 Å². The second-order valence-electron chi connectivity index (χ2n) is 8.01. The van der Waals surface area contributed by atoms with E-state index in [0.717, 1.165) is 4.90 Å². The summed E-state index contributed by atoms with van der Waals surface area (Å²) in [5, 5.41) is 0.0230. The highest BCUT2D eigenvalue weighted by Gasteiger charge is 2.49. The van der Waals surface area contributed by atoms with Crippen molar-refractivity contribution < 1.29 is 18.7 Å². The van der Waals surface area contributed by atoms with Gasteiger partial charge in [0.2, 0.25) is 5.78 Å². The molecule has 140 valence electrons. The monoisotopic (exact) mass is 382 g/mol. The molecule has 1 aromatic carbocycles. The largest absolute Gasteiger partial charge is 0.404 e. The van der Waals surface area contributed by atoms with Crippen LogP contribution in [-0.4, -0.2) is 45.0 Å². The number of hydrogen-bond donors (Lipinski definition) is 0. The Hall–Kier alpha value is -0.663. The summed E-state index contributed by atoms with van der Waals surface area (Å²) >= 11 is 1.43. The number of Topliss-reactive ketones (excluding diaryl/α,β-unsaturated/α-hetero) is 1. The van der Waals surface area contributed by atoms with E-state index in [1.807, 2.05) is 37.3 Å². The number of thioether (sulfide) groups is 1. The van der Waals surface area contributed by atoms with Crippen molar-refractivity contribution in [1.29, 1.82) is 0 Å². The maximum absolute atomic E-state index is 13.1. The number of ketones is 1. The second kappa shape index (κ2) is 7.92. The normalized spacial score (nSPS) is 28.2. The number of hydrogen-bond acceptors (Lipinski definition) is 5. The summed E-state index contributed by atoms with van der Waals surface area (Å²) in [6, 6.07) is 9.85. The van der Waals surface area contributed by atoms with Crippen molar-refractivity contribution in [3.8, 4) is 0 Å². The van der Waals surface area contributed by atoms with Crippen LogP contribution in [0, 0.1) is 0 Å². The fourth-order valence-corrected chi connectivity index (χ4v) is 4.81. The third-order valence-electron chi connectivity index (χ3n) is 5.10. The van der Waals surface area contributed by atoms with Gasteiger partial charge in [0, 0.05) is 12.0 Å². The highest BCUT2D eigenvalue weighted by molar-refractivity contribution is 8.00. The first-order chi connectivity index (χ1) is 11.6. The first-order valence-electron chi connectivity index (χ1n) is 8.68. The second-order valence-corrected chi connectivity index (χ2v) is 13.9. The Balaban J connectivity index is 2.23. The molecule has 1 aromatic rings. The third kappa shape index (κ3) is 4.74. The predicted molar refractivity (Wildman–Crippen MR) is 105 cm³/mol. The maximum atomic E-state index is 13.1. The number of methoxy groups -OCH3 is 1. The molecule has 0 radical (unpaired) electrons. The van der Waals surface area contributed by atoms with Gasteiger partial charge in [-0.25, -0.2) is 0 Å². The number of rotatable bonds is 5. The van der Waals surface area contributed by atoms with E-state index in [1.54, 1.807) is 7.11 Å². The molecule has 0 aromatic heterocycles. The van der Waals surface area contributed by atoms with E-state index in [1.165, 1.54) is 11.8 Å². The quantitative estimate of drug-likeness (QED) is 0.702. The van der Waals surface area contributed by atoms with Gasteiger partial charge < -0.3 is 13.9 Å². The third-order valence-corrected chi connectivity index (χ3v) is 10.7. The zero-order chi connectivity index (χ0) is 18.8. The van der Waals surface area contributed by atoms with Crippen LogP contribution in [-0.2, 0) is 18.7 Å². The first-order valence-corrected chi connectivity index (χ1v) is 12.5. The van der Waals surface area contributed by atoms with Gasteiger partial charge >= 0.3 is 0 Å². The predicted octanol–water partition coefficient (Wildman–Crippen LogP) is 4.50. The summed E-state index contributed by atoms with van der Waals surface area (Å²) in [4.78, 5) is 14.1. The minimum atomic E-state index is -2.11. The van der Waals surface area contributed by atoms with Crippen molar-refractivity contribution in [1.82, 2.24) is 0 Å². The molecule has 1 aliphatic heterocycles. The minimum Gasteiger partial charge on any atom is -0.404 e. The van der Waals surface area contributed by atoms with Crippen molar-refractivity contribution in [2.45, 2.75) is 74.5 Å². The van der Waals surface area contributed by atoms with Gasteiger partial charge in [-0.3, -0.25) is 4.79 Å². The van der Waals surface area contributed by atoms with Gasteiger partial charge in [0.25, 0.3) is 0 Å².